The highest BCUT2D eigenvalue weighted by Crippen LogP contribution is 2.44. The van der Waals surface area contributed by atoms with Gasteiger partial charge in [-0.2, -0.15) is 0 Å². The average Bonchev–Trinajstić information content (AvgIpc) is 3.25. The Hall–Kier alpha value is -3.39. The van der Waals surface area contributed by atoms with Crippen molar-refractivity contribution in [1.29, 1.82) is 0 Å². The van der Waals surface area contributed by atoms with Gasteiger partial charge in [-0.05, 0) is 66.1 Å². The highest BCUT2D eigenvalue weighted by Gasteiger charge is 2.38. The Morgan fingerprint density at radius 1 is 0.865 bits per heavy atom. The summed E-state index contributed by atoms with van der Waals surface area (Å²) in [6.45, 7) is 1.45. The number of halogens is 2. The van der Waals surface area contributed by atoms with Gasteiger partial charge in [-0.3, -0.25) is 14.2 Å². The standard InChI is InChI=1S/C28H22Cl2N2O4S/c1-16(33)23-15-24(17-7-13-22(14-8-17)37(2,35)36)28(34)32-26(19-5-11-21(30)12-6-19)25(31-27(23)32)18-3-9-20(29)10-4-18/h3-15,25-26,31H,1-2H3/t25-,26+/m1/s1. The molecule has 1 aliphatic heterocycles. The van der Waals surface area contributed by atoms with Crippen LogP contribution in [0, 0.1) is 0 Å². The molecule has 0 bridgehead atoms. The minimum absolute atomic E-state index is 0.146. The second-order valence-corrected chi connectivity index (χ2v) is 11.9. The third-order valence-corrected chi connectivity index (χ3v) is 8.17. The number of nitrogens with one attached hydrogen (secondary N) is 1. The second kappa shape index (κ2) is 9.49. The van der Waals surface area contributed by atoms with Crippen LogP contribution in [0.25, 0.3) is 11.1 Å². The number of carbonyl (C=O) groups excluding carboxylic acids is 1. The summed E-state index contributed by atoms with van der Waals surface area (Å²) in [6, 6.07) is 21.4. The Balaban J connectivity index is 1.76. The van der Waals surface area contributed by atoms with E-state index in [1.807, 2.05) is 24.3 Å². The maximum absolute atomic E-state index is 14.0. The summed E-state index contributed by atoms with van der Waals surface area (Å²) in [5, 5.41) is 4.57. The number of fused-ring (bicyclic) bond motifs is 1. The number of Topliss-reactive ketones (excluding diaryl/α,β-unsaturated/α-hetero) is 1. The SMILES string of the molecule is CC(=O)c1cc(-c2ccc(S(C)(=O)=O)cc2)c(=O)n2c1N[C@H](c1ccc(Cl)cc1)[C@@H]2c1ccc(Cl)cc1. The van der Waals surface area contributed by atoms with E-state index in [0.717, 1.165) is 17.4 Å². The number of aromatic nitrogens is 1. The molecule has 0 spiro atoms. The molecule has 1 N–H and O–H groups in total. The molecule has 0 amide bonds. The highest BCUT2D eigenvalue weighted by atomic mass is 35.5. The molecule has 0 saturated heterocycles. The van der Waals surface area contributed by atoms with E-state index in [-0.39, 0.29) is 22.3 Å². The van der Waals surface area contributed by atoms with Crippen LogP contribution in [0.4, 0.5) is 5.82 Å². The predicted octanol–water partition coefficient (Wildman–Crippen LogP) is 6.18. The molecule has 188 valence electrons. The maximum Gasteiger partial charge on any atom is 0.260 e. The molecule has 0 radical (unpaired) electrons. The van der Waals surface area contributed by atoms with Gasteiger partial charge in [0.05, 0.1) is 22.5 Å². The van der Waals surface area contributed by atoms with Crippen LogP contribution in [0.15, 0.2) is 88.6 Å². The van der Waals surface area contributed by atoms with Crippen molar-refractivity contribution in [3.05, 3.63) is 116 Å². The van der Waals surface area contributed by atoms with E-state index in [4.69, 9.17) is 23.2 Å². The number of carbonyl (C=O) groups is 1. The van der Waals surface area contributed by atoms with Crippen LogP contribution >= 0.6 is 23.2 Å². The van der Waals surface area contributed by atoms with Crippen molar-refractivity contribution < 1.29 is 13.2 Å². The van der Waals surface area contributed by atoms with Crippen molar-refractivity contribution in [2.24, 2.45) is 0 Å². The molecule has 1 aromatic heterocycles. The summed E-state index contributed by atoms with van der Waals surface area (Å²) in [7, 11) is -3.40. The average molecular weight is 553 g/mol. The van der Waals surface area contributed by atoms with Crippen molar-refractivity contribution in [2.75, 3.05) is 11.6 Å². The monoisotopic (exact) mass is 552 g/mol. The Morgan fingerprint density at radius 3 is 1.92 bits per heavy atom. The van der Waals surface area contributed by atoms with Crippen molar-refractivity contribution in [3.63, 3.8) is 0 Å². The van der Waals surface area contributed by atoms with Crippen LogP contribution < -0.4 is 10.9 Å². The fraction of sp³-hybridized carbons (Fsp3) is 0.143. The normalized spacial score (nSPS) is 16.8. The van der Waals surface area contributed by atoms with Gasteiger partial charge in [-0.15, -0.1) is 0 Å². The first-order chi connectivity index (χ1) is 17.5. The number of hydrogen-bond acceptors (Lipinski definition) is 5. The van der Waals surface area contributed by atoms with Gasteiger partial charge in [0.1, 0.15) is 5.82 Å². The van der Waals surface area contributed by atoms with Crippen LogP contribution in [-0.2, 0) is 9.84 Å². The van der Waals surface area contributed by atoms with Crippen LogP contribution in [-0.4, -0.2) is 25.0 Å². The molecule has 4 aromatic rings. The lowest BCUT2D eigenvalue weighted by Gasteiger charge is -2.22. The van der Waals surface area contributed by atoms with Gasteiger partial charge in [-0.1, -0.05) is 59.6 Å². The molecule has 2 heterocycles. The largest absolute Gasteiger partial charge is 0.361 e. The Kier molecular flexibility index (Phi) is 6.48. The molecule has 37 heavy (non-hydrogen) atoms. The molecule has 2 atom stereocenters. The molecule has 6 nitrogen and oxygen atoms in total. The van der Waals surface area contributed by atoms with Gasteiger partial charge in [0.25, 0.3) is 5.56 Å². The number of ketones is 1. The molecule has 1 aliphatic rings. The quantitative estimate of drug-likeness (QED) is 0.298. The van der Waals surface area contributed by atoms with E-state index in [2.05, 4.69) is 5.32 Å². The molecule has 0 saturated carbocycles. The molecule has 3 aromatic carbocycles. The minimum atomic E-state index is -3.40. The molecule has 0 fully saturated rings. The van der Waals surface area contributed by atoms with Crippen LogP contribution in [0.2, 0.25) is 10.0 Å². The third-order valence-electron chi connectivity index (χ3n) is 6.53. The number of anilines is 1. The Morgan fingerprint density at radius 2 is 1.41 bits per heavy atom. The fourth-order valence-electron chi connectivity index (χ4n) is 4.72. The van der Waals surface area contributed by atoms with Gasteiger partial charge in [0.15, 0.2) is 15.6 Å². The van der Waals surface area contributed by atoms with Gasteiger partial charge < -0.3 is 5.32 Å². The summed E-state index contributed by atoms with van der Waals surface area (Å²) < 4.78 is 25.5. The van der Waals surface area contributed by atoms with Crippen LogP contribution in [0.1, 0.15) is 40.5 Å². The topological polar surface area (TPSA) is 85.2 Å². The first kappa shape index (κ1) is 25.3. The van der Waals surface area contributed by atoms with E-state index in [1.165, 1.54) is 19.1 Å². The third kappa shape index (κ3) is 4.70. The zero-order chi connectivity index (χ0) is 26.5. The first-order valence-electron chi connectivity index (χ1n) is 11.4. The number of hydrogen-bond donors (Lipinski definition) is 1. The maximum atomic E-state index is 14.0. The van der Waals surface area contributed by atoms with Crippen LogP contribution in [0.5, 0.6) is 0 Å². The van der Waals surface area contributed by atoms with E-state index < -0.39 is 15.9 Å². The highest BCUT2D eigenvalue weighted by molar-refractivity contribution is 7.90. The summed E-state index contributed by atoms with van der Waals surface area (Å²) in [5.74, 6) is 0.214. The van der Waals surface area contributed by atoms with Gasteiger partial charge in [-0.25, -0.2) is 8.42 Å². The number of sulfone groups is 1. The smallest absolute Gasteiger partial charge is 0.260 e. The van der Waals surface area contributed by atoms with E-state index in [0.29, 0.717) is 32.6 Å². The van der Waals surface area contributed by atoms with Crippen molar-refractivity contribution >= 4 is 44.6 Å². The number of nitrogens with zero attached hydrogens (tertiary/aromatic N) is 1. The predicted molar refractivity (Wildman–Crippen MR) is 147 cm³/mol. The molecule has 5 rings (SSSR count). The zero-order valence-corrected chi connectivity index (χ0v) is 22.2. The lowest BCUT2D eigenvalue weighted by molar-refractivity contribution is 0.101. The number of benzene rings is 3. The van der Waals surface area contributed by atoms with Crippen molar-refractivity contribution in [3.8, 4) is 11.1 Å². The molecule has 9 heteroatoms. The van der Waals surface area contributed by atoms with Gasteiger partial charge in [0.2, 0.25) is 0 Å². The van der Waals surface area contributed by atoms with Gasteiger partial charge >= 0.3 is 0 Å². The van der Waals surface area contributed by atoms with Gasteiger partial charge in [0, 0.05) is 21.9 Å². The molecule has 0 aliphatic carbocycles. The molecular formula is C28H22Cl2N2O4S. The van der Waals surface area contributed by atoms with E-state index in [9.17, 15) is 18.0 Å². The van der Waals surface area contributed by atoms with E-state index >= 15 is 0 Å². The van der Waals surface area contributed by atoms with E-state index in [1.54, 1.807) is 47.0 Å². The number of pyridine rings is 1. The minimum Gasteiger partial charge on any atom is -0.361 e. The zero-order valence-electron chi connectivity index (χ0n) is 19.9. The second-order valence-electron chi connectivity index (χ2n) is 9.02. The fourth-order valence-corrected chi connectivity index (χ4v) is 5.60. The first-order valence-corrected chi connectivity index (χ1v) is 14.1. The molecule has 0 unspecified atom stereocenters. The summed E-state index contributed by atoms with van der Waals surface area (Å²) in [6.07, 6.45) is 1.12. The Labute approximate surface area is 224 Å². The Bertz CT molecular complexity index is 1680. The van der Waals surface area contributed by atoms with Crippen molar-refractivity contribution in [2.45, 2.75) is 23.9 Å². The lowest BCUT2D eigenvalue weighted by atomic mass is 9.94. The van der Waals surface area contributed by atoms with Crippen LogP contribution in [0.3, 0.4) is 0 Å². The summed E-state index contributed by atoms with van der Waals surface area (Å²) in [4.78, 5) is 27.0. The molecular weight excluding hydrogens is 531 g/mol. The van der Waals surface area contributed by atoms with Crippen molar-refractivity contribution in [1.82, 2.24) is 4.57 Å². The summed E-state index contributed by atoms with van der Waals surface area (Å²) >= 11 is 12.3. The number of rotatable bonds is 5. The summed E-state index contributed by atoms with van der Waals surface area (Å²) in [5.41, 5.74) is 2.58. The lowest BCUT2D eigenvalue weighted by Crippen LogP contribution is -2.26.